The van der Waals surface area contributed by atoms with Crippen molar-refractivity contribution in [3.8, 4) is 0 Å². The third-order valence-electron chi connectivity index (χ3n) is 2.80. The molecule has 0 radical (unpaired) electrons. The minimum absolute atomic E-state index is 0.0102. The zero-order valence-corrected chi connectivity index (χ0v) is 11.6. The zero-order valence-electron chi connectivity index (χ0n) is 10.7. The van der Waals surface area contributed by atoms with Gasteiger partial charge in [0.05, 0.1) is 22.7 Å². The fraction of sp³-hybridized carbons (Fsp3) is 0.308. The fourth-order valence-corrected chi connectivity index (χ4v) is 3.20. The van der Waals surface area contributed by atoms with Gasteiger partial charge in [-0.3, -0.25) is 0 Å². The van der Waals surface area contributed by atoms with Gasteiger partial charge in [-0.1, -0.05) is 6.07 Å². The lowest BCUT2D eigenvalue weighted by atomic mass is 10.3. The van der Waals surface area contributed by atoms with E-state index in [1.807, 2.05) is 13.8 Å². The van der Waals surface area contributed by atoms with Crippen molar-refractivity contribution in [2.75, 3.05) is 0 Å². The van der Waals surface area contributed by atoms with Gasteiger partial charge in [-0.2, -0.15) is 0 Å². The Hall–Kier alpha value is -1.69. The van der Waals surface area contributed by atoms with Crippen LogP contribution in [0.3, 0.4) is 0 Å². The van der Waals surface area contributed by atoms with Gasteiger partial charge in [-0.15, -0.1) is 0 Å². The molecule has 0 unspecified atom stereocenters. The molecule has 0 atom stereocenters. The maximum Gasteiger partial charge on any atom is 0.184 e. The molecule has 4 nitrogen and oxygen atoms in total. The Morgan fingerprint density at radius 1 is 1.37 bits per heavy atom. The molecule has 1 aromatic carbocycles. The molecule has 0 aliphatic heterocycles. The molecule has 2 rings (SSSR count). The second-order valence-electron chi connectivity index (χ2n) is 4.60. The van der Waals surface area contributed by atoms with E-state index in [-0.39, 0.29) is 16.7 Å². The van der Waals surface area contributed by atoms with E-state index in [0.29, 0.717) is 5.69 Å². The Morgan fingerprint density at radius 3 is 2.74 bits per heavy atom. The standard InChI is InChI=1S/C13H15FN2O2S/c1-10(2)16-9-15-7-12(16)8-19(17,18)13-5-3-4-11(14)6-13/h3-7,9-10H,8H2,1-2H3. The Balaban J connectivity index is 2.34. The van der Waals surface area contributed by atoms with Gasteiger partial charge in [0.2, 0.25) is 0 Å². The van der Waals surface area contributed by atoms with Gasteiger partial charge in [0.1, 0.15) is 5.82 Å². The highest BCUT2D eigenvalue weighted by Crippen LogP contribution is 2.19. The van der Waals surface area contributed by atoms with Crippen molar-refractivity contribution in [3.63, 3.8) is 0 Å². The molecule has 0 saturated carbocycles. The van der Waals surface area contributed by atoms with E-state index in [2.05, 4.69) is 4.98 Å². The van der Waals surface area contributed by atoms with E-state index in [1.54, 1.807) is 10.9 Å². The number of halogens is 1. The summed E-state index contributed by atoms with van der Waals surface area (Å²) in [6, 6.07) is 5.17. The molecular formula is C13H15FN2O2S. The summed E-state index contributed by atoms with van der Waals surface area (Å²) in [5.74, 6) is -0.743. The van der Waals surface area contributed by atoms with Gasteiger partial charge in [-0.05, 0) is 32.0 Å². The first-order valence-corrected chi connectivity index (χ1v) is 7.54. The molecule has 19 heavy (non-hydrogen) atoms. The van der Waals surface area contributed by atoms with E-state index in [9.17, 15) is 12.8 Å². The number of benzene rings is 1. The molecule has 6 heteroatoms. The molecule has 1 heterocycles. The van der Waals surface area contributed by atoms with Crippen molar-refractivity contribution in [2.24, 2.45) is 0 Å². The number of hydrogen-bond acceptors (Lipinski definition) is 3. The summed E-state index contributed by atoms with van der Waals surface area (Å²) in [7, 11) is -3.56. The largest absolute Gasteiger partial charge is 0.331 e. The highest BCUT2D eigenvalue weighted by Gasteiger charge is 2.19. The van der Waals surface area contributed by atoms with E-state index >= 15 is 0 Å². The van der Waals surface area contributed by atoms with Crippen LogP contribution in [0.4, 0.5) is 4.39 Å². The third kappa shape index (κ3) is 3.01. The number of aromatic nitrogens is 2. The summed E-state index contributed by atoms with van der Waals surface area (Å²) in [6.45, 7) is 3.89. The lowest BCUT2D eigenvalue weighted by molar-refractivity contribution is 0.569. The SMILES string of the molecule is CC(C)n1cncc1CS(=O)(=O)c1cccc(F)c1. The maximum atomic E-state index is 13.1. The van der Waals surface area contributed by atoms with Gasteiger partial charge >= 0.3 is 0 Å². The van der Waals surface area contributed by atoms with Crippen LogP contribution in [0.25, 0.3) is 0 Å². The molecular weight excluding hydrogens is 267 g/mol. The third-order valence-corrected chi connectivity index (χ3v) is 4.44. The van der Waals surface area contributed by atoms with Crippen LogP contribution in [0.2, 0.25) is 0 Å². The number of sulfone groups is 1. The Bertz CT molecular complexity index is 677. The van der Waals surface area contributed by atoms with Crippen LogP contribution in [-0.2, 0) is 15.6 Å². The number of nitrogens with zero attached hydrogens (tertiary/aromatic N) is 2. The van der Waals surface area contributed by atoms with E-state index < -0.39 is 15.7 Å². The summed E-state index contributed by atoms with van der Waals surface area (Å²) < 4.78 is 39.3. The normalized spacial score (nSPS) is 12.0. The zero-order chi connectivity index (χ0) is 14.0. The first-order valence-electron chi connectivity index (χ1n) is 5.89. The maximum absolute atomic E-state index is 13.1. The average Bonchev–Trinajstić information content (AvgIpc) is 2.76. The van der Waals surface area contributed by atoms with Crippen LogP contribution in [0.5, 0.6) is 0 Å². The lowest BCUT2D eigenvalue weighted by Gasteiger charge is -2.12. The van der Waals surface area contributed by atoms with Gasteiger partial charge < -0.3 is 4.57 Å². The molecule has 0 aliphatic rings. The summed E-state index contributed by atoms with van der Waals surface area (Å²) >= 11 is 0. The van der Waals surface area contributed by atoms with Crippen LogP contribution in [0.15, 0.2) is 41.7 Å². The smallest absolute Gasteiger partial charge is 0.184 e. The van der Waals surface area contributed by atoms with E-state index in [4.69, 9.17) is 0 Å². The monoisotopic (exact) mass is 282 g/mol. The molecule has 0 bridgehead atoms. The van der Waals surface area contributed by atoms with Crippen molar-refractivity contribution in [3.05, 3.63) is 48.3 Å². The number of rotatable bonds is 4. The second-order valence-corrected chi connectivity index (χ2v) is 6.59. The first kappa shape index (κ1) is 13.7. The van der Waals surface area contributed by atoms with Gasteiger partial charge in [0, 0.05) is 12.2 Å². The van der Waals surface area contributed by atoms with Gasteiger partial charge in [0.25, 0.3) is 0 Å². The topological polar surface area (TPSA) is 52.0 Å². The second kappa shape index (κ2) is 5.13. The summed E-state index contributed by atoms with van der Waals surface area (Å²) in [6.07, 6.45) is 3.12. The van der Waals surface area contributed by atoms with Crippen LogP contribution < -0.4 is 0 Å². The predicted molar refractivity (Wildman–Crippen MR) is 69.9 cm³/mol. The lowest BCUT2D eigenvalue weighted by Crippen LogP contribution is -2.11. The van der Waals surface area contributed by atoms with Crippen molar-refractivity contribution in [1.82, 2.24) is 9.55 Å². The Morgan fingerprint density at radius 2 is 2.11 bits per heavy atom. The van der Waals surface area contributed by atoms with Crippen molar-refractivity contribution >= 4 is 9.84 Å². The molecule has 0 amide bonds. The highest BCUT2D eigenvalue weighted by molar-refractivity contribution is 7.90. The minimum atomic E-state index is -3.56. The van der Waals surface area contributed by atoms with Crippen molar-refractivity contribution < 1.29 is 12.8 Å². The summed E-state index contributed by atoms with van der Waals surface area (Å²) in [5.41, 5.74) is 0.597. The molecule has 2 aromatic rings. The molecule has 0 N–H and O–H groups in total. The summed E-state index contributed by atoms with van der Waals surface area (Å²) in [5, 5.41) is 0. The molecule has 0 aliphatic carbocycles. The quantitative estimate of drug-likeness (QED) is 0.866. The van der Waals surface area contributed by atoms with Crippen LogP contribution in [0, 0.1) is 5.82 Å². The van der Waals surface area contributed by atoms with Crippen LogP contribution in [-0.4, -0.2) is 18.0 Å². The first-order chi connectivity index (χ1) is 8.90. The molecule has 0 saturated heterocycles. The predicted octanol–water partition coefficient (Wildman–Crippen LogP) is 2.58. The molecule has 102 valence electrons. The molecule has 0 spiro atoms. The number of imidazole rings is 1. The molecule has 1 aromatic heterocycles. The van der Waals surface area contributed by atoms with E-state index in [0.717, 1.165) is 6.07 Å². The fourth-order valence-electron chi connectivity index (χ4n) is 1.85. The van der Waals surface area contributed by atoms with Crippen molar-refractivity contribution in [2.45, 2.75) is 30.5 Å². The Kier molecular flexibility index (Phi) is 3.71. The Labute approximate surface area is 111 Å². The van der Waals surface area contributed by atoms with Gasteiger partial charge in [0.15, 0.2) is 9.84 Å². The molecule has 0 fully saturated rings. The van der Waals surface area contributed by atoms with Crippen LogP contribution >= 0.6 is 0 Å². The van der Waals surface area contributed by atoms with Crippen LogP contribution in [0.1, 0.15) is 25.6 Å². The highest BCUT2D eigenvalue weighted by atomic mass is 32.2. The minimum Gasteiger partial charge on any atom is -0.331 e. The average molecular weight is 282 g/mol. The number of hydrogen-bond donors (Lipinski definition) is 0. The van der Waals surface area contributed by atoms with Gasteiger partial charge in [-0.25, -0.2) is 17.8 Å². The van der Waals surface area contributed by atoms with Crippen molar-refractivity contribution in [1.29, 1.82) is 0 Å². The summed E-state index contributed by atoms with van der Waals surface area (Å²) in [4.78, 5) is 3.95. The van der Waals surface area contributed by atoms with E-state index in [1.165, 1.54) is 24.4 Å².